The molecule has 2 N–H and O–H groups in total. The van der Waals surface area contributed by atoms with Gasteiger partial charge in [0.2, 0.25) is 0 Å². The zero-order chi connectivity index (χ0) is 9.40. The van der Waals surface area contributed by atoms with Gasteiger partial charge in [-0.2, -0.15) is 0 Å². The zero-order valence-corrected chi connectivity index (χ0v) is 8.97. The topological polar surface area (TPSA) is 26.0 Å². The molecular weight excluding hydrogens is 146 g/mol. The summed E-state index contributed by atoms with van der Waals surface area (Å²) < 4.78 is 0. The maximum atomic E-state index is 5.93. The predicted octanol–water partition coefficient (Wildman–Crippen LogP) is 3.33. The van der Waals surface area contributed by atoms with Crippen LogP contribution in [0.15, 0.2) is 0 Å². The first kappa shape index (κ1) is 12.0. The molecule has 0 aliphatic carbocycles. The normalized spacial score (nSPS) is 13.8. The Hall–Kier alpha value is -0.0400. The molecule has 0 aromatic rings. The Kier molecular flexibility index (Phi) is 7.58. The van der Waals surface area contributed by atoms with Crippen molar-refractivity contribution in [3.8, 4) is 0 Å². The number of nitrogens with two attached hydrogens (primary N) is 1. The summed E-state index contributed by atoms with van der Waals surface area (Å²) in [5.74, 6) is 0.884. The fourth-order valence-corrected chi connectivity index (χ4v) is 1.79. The second-order valence-corrected chi connectivity index (χ2v) is 3.85. The van der Waals surface area contributed by atoms with Gasteiger partial charge in [0.05, 0.1) is 0 Å². The maximum Gasteiger partial charge on any atom is 0.00388 e. The van der Waals surface area contributed by atoms with E-state index in [1.54, 1.807) is 0 Å². The van der Waals surface area contributed by atoms with Crippen molar-refractivity contribution in [1.29, 1.82) is 0 Å². The second kappa shape index (κ2) is 7.60. The molecule has 0 amide bonds. The Morgan fingerprint density at radius 3 is 1.83 bits per heavy atom. The highest BCUT2D eigenvalue weighted by Gasteiger charge is 2.10. The van der Waals surface area contributed by atoms with E-state index in [4.69, 9.17) is 5.73 Å². The van der Waals surface area contributed by atoms with Gasteiger partial charge in [-0.05, 0) is 18.8 Å². The molecule has 74 valence electrons. The molecule has 0 spiro atoms. The predicted molar refractivity (Wildman–Crippen MR) is 56.2 cm³/mol. The van der Waals surface area contributed by atoms with Crippen LogP contribution in [0.2, 0.25) is 0 Å². The maximum absolute atomic E-state index is 5.93. The van der Waals surface area contributed by atoms with Crippen LogP contribution in [0.1, 0.15) is 59.3 Å². The van der Waals surface area contributed by atoms with Crippen LogP contribution in [-0.4, -0.2) is 6.04 Å². The minimum Gasteiger partial charge on any atom is -0.328 e. The molecule has 0 aliphatic rings. The van der Waals surface area contributed by atoms with Crippen LogP contribution in [0.4, 0.5) is 0 Å². The molecule has 0 aliphatic heterocycles. The monoisotopic (exact) mass is 171 g/mol. The van der Waals surface area contributed by atoms with E-state index in [0.717, 1.165) is 12.3 Å². The Bertz CT molecular complexity index is 85.0. The molecule has 0 saturated carbocycles. The molecule has 1 nitrogen and oxygen atoms in total. The minimum absolute atomic E-state index is 0.438. The van der Waals surface area contributed by atoms with E-state index in [1.165, 1.54) is 32.1 Å². The van der Waals surface area contributed by atoms with Crippen LogP contribution >= 0.6 is 0 Å². The second-order valence-electron chi connectivity index (χ2n) is 3.85. The Morgan fingerprint density at radius 2 is 1.50 bits per heavy atom. The van der Waals surface area contributed by atoms with Crippen molar-refractivity contribution in [2.45, 2.75) is 65.3 Å². The summed E-state index contributed by atoms with van der Waals surface area (Å²) in [6.45, 7) is 6.71. The molecule has 0 saturated heterocycles. The summed E-state index contributed by atoms with van der Waals surface area (Å²) in [4.78, 5) is 0. The number of hydrogen-bond donors (Lipinski definition) is 1. The van der Waals surface area contributed by atoms with Crippen molar-refractivity contribution in [3.63, 3.8) is 0 Å². The lowest BCUT2D eigenvalue weighted by Gasteiger charge is -2.18. The summed E-state index contributed by atoms with van der Waals surface area (Å²) in [6.07, 6.45) is 7.70. The molecule has 0 bridgehead atoms. The fraction of sp³-hybridized carbons (Fsp3) is 1.00. The summed E-state index contributed by atoms with van der Waals surface area (Å²) in [5.41, 5.74) is 5.93. The zero-order valence-electron chi connectivity index (χ0n) is 8.97. The van der Waals surface area contributed by atoms with Gasteiger partial charge in [-0.25, -0.2) is 0 Å². The van der Waals surface area contributed by atoms with Gasteiger partial charge in [0.15, 0.2) is 0 Å². The van der Waals surface area contributed by atoms with Crippen molar-refractivity contribution in [2.75, 3.05) is 0 Å². The Morgan fingerprint density at radius 1 is 1.00 bits per heavy atom. The van der Waals surface area contributed by atoms with E-state index >= 15 is 0 Å². The van der Waals surface area contributed by atoms with Crippen LogP contribution in [0, 0.1) is 5.92 Å². The van der Waals surface area contributed by atoms with E-state index in [0.29, 0.717) is 6.04 Å². The van der Waals surface area contributed by atoms with Crippen LogP contribution in [0.5, 0.6) is 0 Å². The lowest BCUT2D eigenvalue weighted by molar-refractivity contribution is 0.371. The van der Waals surface area contributed by atoms with Gasteiger partial charge in [0.25, 0.3) is 0 Å². The molecular formula is C11H25N. The minimum atomic E-state index is 0.438. The molecule has 0 radical (unpaired) electrons. The van der Waals surface area contributed by atoms with Crippen molar-refractivity contribution < 1.29 is 0 Å². The summed E-state index contributed by atoms with van der Waals surface area (Å²) in [6, 6.07) is 0.438. The first-order chi connectivity index (χ1) is 5.74. The Labute approximate surface area is 77.7 Å². The molecule has 0 fully saturated rings. The lowest BCUT2D eigenvalue weighted by atomic mass is 9.91. The molecule has 0 aromatic heterocycles. The first-order valence-electron chi connectivity index (χ1n) is 5.50. The SMILES string of the molecule is CCCC(CCC)CC(N)CC. The quantitative estimate of drug-likeness (QED) is 0.624. The van der Waals surface area contributed by atoms with Gasteiger partial charge >= 0.3 is 0 Å². The number of hydrogen-bond acceptors (Lipinski definition) is 1. The Balaban J connectivity index is 3.61. The molecule has 1 heteroatoms. The molecule has 1 unspecified atom stereocenters. The average Bonchev–Trinajstić information content (AvgIpc) is 2.05. The third-order valence-corrected chi connectivity index (χ3v) is 2.55. The molecule has 0 rings (SSSR count). The number of rotatable bonds is 7. The average molecular weight is 171 g/mol. The lowest BCUT2D eigenvalue weighted by Crippen LogP contribution is -2.22. The van der Waals surface area contributed by atoms with Gasteiger partial charge in [-0.3, -0.25) is 0 Å². The summed E-state index contributed by atoms with van der Waals surface area (Å²) in [5, 5.41) is 0. The molecule has 0 heterocycles. The fourth-order valence-electron chi connectivity index (χ4n) is 1.79. The molecule has 12 heavy (non-hydrogen) atoms. The smallest absolute Gasteiger partial charge is 0.00388 e. The van der Waals surface area contributed by atoms with E-state index in [2.05, 4.69) is 20.8 Å². The molecule has 1 atom stereocenters. The van der Waals surface area contributed by atoms with Gasteiger partial charge in [0, 0.05) is 6.04 Å². The standard InChI is InChI=1S/C11H25N/c1-4-7-10(8-5-2)9-11(12)6-3/h10-11H,4-9,12H2,1-3H3. The van der Waals surface area contributed by atoms with E-state index in [1.807, 2.05) is 0 Å². The molecule has 0 aromatic carbocycles. The van der Waals surface area contributed by atoms with E-state index in [-0.39, 0.29) is 0 Å². The van der Waals surface area contributed by atoms with Gasteiger partial charge in [-0.15, -0.1) is 0 Å². The van der Waals surface area contributed by atoms with Crippen LogP contribution in [0.25, 0.3) is 0 Å². The van der Waals surface area contributed by atoms with Crippen LogP contribution < -0.4 is 5.73 Å². The third-order valence-electron chi connectivity index (χ3n) is 2.55. The van der Waals surface area contributed by atoms with Gasteiger partial charge in [0.1, 0.15) is 0 Å². The summed E-state index contributed by atoms with van der Waals surface area (Å²) in [7, 11) is 0. The van der Waals surface area contributed by atoms with E-state index < -0.39 is 0 Å². The van der Waals surface area contributed by atoms with Gasteiger partial charge < -0.3 is 5.73 Å². The van der Waals surface area contributed by atoms with Crippen molar-refractivity contribution in [1.82, 2.24) is 0 Å². The highest BCUT2D eigenvalue weighted by Crippen LogP contribution is 2.19. The van der Waals surface area contributed by atoms with Crippen LogP contribution in [0.3, 0.4) is 0 Å². The van der Waals surface area contributed by atoms with Crippen molar-refractivity contribution in [2.24, 2.45) is 11.7 Å². The van der Waals surface area contributed by atoms with Crippen molar-refractivity contribution in [3.05, 3.63) is 0 Å². The van der Waals surface area contributed by atoms with Gasteiger partial charge in [-0.1, -0.05) is 46.5 Å². The highest BCUT2D eigenvalue weighted by atomic mass is 14.6. The first-order valence-corrected chi connectivity index (χ1v) is 5.50. The largest absolute Gasteiger partial charge is 0.328 e. The van der Waals surface area contributed by atoms with Crippen LogP contribution in [-0.2, 0) is 0 Å². The summed E-state index contributed by atoms with van der Waals surface area (Å²) >= 11 is 0. The van der Waals surface area contributed by atoms with Crippen molar-refractivity contribution >= 4 is 0 Å². The third kappa shape index (κ3) is 5.59. The van der Waals surface area contributed by atoms with E-state index in [9.17, 15) is 0 Å². The highest BCUT2D eigenvalue weighted by molar-refractivity contribution is 4.66.